The maximum atomic E-state index is 9.45. The third-order valence-electron chi connectivity index (χ3n) is 3.83. The number of nitrogens with zero attached hydrogens (tertiary/aromatic N) is 2. The summed E-state index contributed by atoms with van der Waals surface area (Å²) < 4.78 is 0. The Morgan fingerprint density at radius 3 is 1.76 bits per heavy atom. The van der Waals surface area contributed by atoms with Gasteiger partial charge in [-0.3, -0.25) is 5.32 Å². The topological polar surface area (TPSA) is 39.1 Å². The van der Waals surface area contributed by atoms with Crippen molar-refractivity contribution in [1.29, 1.82) is 5.26 Å². The van der Waals surface area contributed by atoms with E-state index in [2.05, 4.69) is 57.8 Å². The number of hydrogen-bond acceptors (Lipinski definition) is 3. The Hall–Kier alpha value is -0.590. The highest BCUT2D eigenvalue weighted by molar-refractivity contribution is 5.04. The van der Waals surface area contributed by atoms with Gasteiger partial charge in [-0.2, -0.15) is 5.26 Å². The van der Waals surface area contributed by atoms with Crippen LogP contribution in [0.3, 0.4) is 0 Å². The van der Waals surface area contributed by atoms with E-state index in [-0.39, 0.29) is 0 Å². The van der Waals surface area contributed by atoms with Gasteiger partial charge in [0.2, 0.25) is 0 Å². The zero-order chi connectivity index (χ0) is 16.5. The minimum Gasteiger partial charge on any atom is -0.303 e. The summed E-state index contributed by atoms with van der Waals surface area (Å²) in [6, 6.07) is 2.80. The predicted octanol–water partition coefficient (Wildman–Crippen LogP) is 4.05. The van der Waals surface area contributed by atoms with Crippen molar-refractivity contribution >= 4 is 0 Å². The second-order valence-electron chi connectivity index (χ2n) is 7.70. The minimum absolute atomic E-state index is 0.342. The summed E-state index contributed by atoms with van der Waals surface area (Å²) in [6.45, 7) is 18.6. The summed E-state index contributed by atoms with van der Waals surface area (Å²) in [5, 5.41) is 12.9. The molecule has 0 radical (unpaired) electrons. The first-order valence-electron chi connectivity index (χ1n) is 8.60. The summed E-state index contributed by atoms with van der Waals surface area (Å²) in [5.41, 5.74) is -0.415. The third kappa shape index (κ3) is 10.7. The molecule has 0 saturated heterocycles. The van der Waals surface area contributed by atoms with Gasteiger partial charge < -0.3 is 4.90 Å². The molecule has 3 nitrogen and oxygen atoms in total. The first kappa shape index (κ1) is 20.4. The van der Waals surface area contributed by atoms with Crippen LogP contribution in [0.4, 0.5) is 0 Å². The summed E-state index contributed by atoms with van der Waals surface area (Å²) in [4.78, 5) is 2.54. The molecule has 0 aliphatic rings. The second kappa shape index (κ2) is 10.2. The normalized spacial score (nSPS) is 15.0. The highest BCUT2D eigenvalue weighted by Crippen LogP contribution is 2.13. The molecule has 1 unspecified atom stereocenters. The number of nitriles is 1. The molecular formula is C18H37N3. The Bertz CT molecular complexity index is 292. The zero-order valence-electron chi connectivity index (χ0n) is 15.4. The molecule has 0 amide bonds. The van der Waals surface area contributed by atoms with Gasteiger partial charge in [0.25, 0.3) is 0 Å². The van der Waals surface area contributed by atoms with Gasteiger partial charge in [-0.05, 0) is 65.0 Å². The highest BCUT2D eigenvalue weighted by atomic mass is 15.1. The van der Waals surface area contributed by atoms with Gasteiger partial charge in [0.15, 0.2) is 0 Å². The lowest BCUT2D eigenvalue weighted by Gasteiger charge is -2.30. The molecule has 0 fully saturated rings. The van der Waals surface area contributed by atoms with Crippen molar-refractivity contribution in [3.63, 3.8) is 0 Å². The van der Waals surface area contributed by atoms with Gasteiger partial charge in [0.05, 0.1) is 6.07 Å². The molecule has 3 heteroatoms. The molecular weight excluding hydrogens is 258 g/mol. The van der Waals surface area contributed by atoms with Crippen LogP contribution in [-0.2, 0) is 0 Å². The van der Waals surface area contributed by atoms with Crippen molar-refractivity contribution in [2.75, 3.05) is 19.6 Å². The standard InChI is InChI=1S/C18H37N3/c1-15(2)8-11-21(12-9-16(3)4)13-10-18(7,14-19)20-17(5)6/h15-17,20H,8-13H2,1-7H3. The molecule has 0 aromatic heterocycles. The molecule has 0 aromatic rings. The van der Waals surface area contributed by atoms with Crippen molar-refractivity contribution in [3.8, 4) is 6.07 Å². The third-order valence-corrected chi connectivity index (χ3v) is 3.83. The SMILES string of the molecule is CC(C)CCN(CCC(C)C)CCC(C)(C#N)NC(C)C. The Kier molecular flexibility index (Phi) is 9.90. The van der Waals surface area contributed by atoms with E-state index >= 15 is 0 Å². The van der Waals surface area contributed by atoms with Gasteiger partial charge in [0, 0.05) is 12.6 Å². The minimum atomic E-state index is -0.415. The lowest BCUT2D eigenvalue weighted by atomic mass is 9.98. The van der Waals surface area contributed by atoms with Crippen LogP contribution in [0.15, 0.2) is 0 Å². The molecule has 0 heterocycles. The van der Waals surface area contributed by atoms with Crippen LogP contribution in [-0.4, -0.2) is 36.1 Å². The molecule has 1 N–H and O–H groups in total. The van der Waals surface area contributed by atoms with Crippen molar-refractivity contribution < 1.29 is 0 Å². The quantitative estimate of drug-likeness (QED) is 0.625. The monoisotopic (exact) mass is 295 g/mol. The molecule has 0 aliphatic heterocycles. The average Bonchev–Trinajstić information content (AvgIpc) is 2.36. The molecule has 0 aliphatic carbocycles. The number of rotatable bonds is 11. The summed E-state index contributed by atoms with van der Waals surface area (Å²) in [6.07, 6.45) is 3.36. The largest absolute Gasteiger partial charge is 0.303 e. The van der Waals surface area contributed by atoms with Crippen LogP contribution >= 0.6 is 0 Å². The molecule has 0 aromatic carbocycles. The van der Waals surface area contributed by atoms with Gasteiger partial charge in [-0.1, -0.05) is 27.7 Å². The van der Waals surface area contributed by atoms with Crippen LogP contribution in [0, 0.1) is 23.2 Å². The van der Waals surface area contributed by atoms with E-state index in [0.717, 1.165) is 37.9 Å². The Morgan fingerprint density at radius 1 is 0.952 bits per heavy atom. The van der Waals surface area contributed by atoms with Gasteiger partial charge in [0.1, 0.15) is 5.54 Å². The lowest BCUT2D eigenvalue weighted by Crippen LogP contribution is -2.47. The van der Waals surface area contributed by atoms with E-state index in [1.165, 1.54) is 12.8 Å². The molecule has 124 valence electrons. The average molecular weight is 296 g/mol. The maximum Gasteiger partial charge on any atom is 0.105 e. The van der Waals surface area contributed by atoms with E-state index < -0.39 is 5.54 Å². The first-order chi connectivity index (χ1) is 9.68. The lowest BCUT2D eigenvalue weighted by molar-refractivity contribution is 0.219. The van der Waals surface area contributed by atoms with Gasteiger partial charge >= 0.3 is 0 Å². The van der Waals surface area contributed by atoms with Gasteiger partial charge in [-0.25, -0.2) is 0 Å². The molecule has 0 bridgehead atoms. The van der Waals surface area contributed by atoms with E-state index in [4.69, 9.17) is 0 Å². The van der Waals surface area contributed by atoms with Crippen LogP contribution in [0.2, 0.25) is 0 Å². The summed E-state index contributed by atoms with van der Waals surface area (Å²) >= 11 is 0. The molecule has 1 atom stereocenters. The number of nitrogens with one attached hydrogen (secondary N) is 1. The molecule has 0 saturated carbocycles. The van der Waals surface area contributed by atoms with Crippen molar-refractivity contribution in [2.24, 2.45) is 11.8 Å². The maximum absolute atomic E-state index is 9.45. The Morgan fingerprint density at radius 2 is 1.43 bits per heavy atom. The Labute approximate surface area is 133 Å². The first-order valence-corrected chi connectivity index (χ1v) is 8.60. The van der Waals surface area contributed by atoms with E-state index in [1.54, 1.807) is 0 Å². The van der Waals surface area contributed by atoms with Crippen LogP contribution in [0.25, 0.3) is 0 Å². The molecule has 21 heavy (non-hydrogen) atoms. The predicted molar refractivity (Wildman–Crippen MR) is 92.3 cm³/mol. The molecule has 0 spiro atoms. The van der Waals surface area contributed by atoms with E-state index in [9.17, 15) is 5.26 Å². The van der Waals surface area contributed by atoms with Crippen LogP contribution in [0.5, 0.6) is 0 Å². The second-order valence-corrected chi connectivity index (χ2v) is 7.70. The molecule has 0 rings (SSSR count). The van der Waals surface area contributed by atoms with Crippen molar-refractivity contribution in [3.05, 3.63) is 0 Å². The summed E-state index contributed by atoms with van der Waals surface area (Å²) in [5.74, 6) is 1.48. The number of hydrogen-bond donors (Lipinski definition) is 1. The van der Waals surface area contributed by atoms with Gasteiger partial charge in [-0.15, -0.1) is 0 Å². The highest BCUT2D eigenvalue weighted by Gasteiger charge is 2.25. The fourth-order valence-corrected chi connectivity index (χ4v) is 2.40. The van der Waals surface area contributed by atoms with Crippen LogP contribution < -0.4 is 5.32 Å². The fourth-order valence-electron chi connectivity index (χ4n) is 2.40. The van der Waals surface area contributed by atoms with Crippen molar-refractivity contribution in [1.82, 2.24) is 10.2 Å². The zero-order valence-corrected chi connectivity index (χ0v) is 15.4. The smallest absolute Gasteiger partial charge is 0.105 e. The van der Waals surface area contributed by atoms with E-state index in [0.29, 0.717) is 6.04 Å². The van der Waals surface area contributed by atoms with E-state index in [1.807, 2.05) is 6.92 Å². The summed E-state index contributed by atoms with van der Waals surface area (Å²) in [7, 11) is 0. The van der Waals surface area contributed by atoms with Crippen LogP contribution in [0.1, 0.15) is 67.7 Å². The fraction of sp³-hybridized carbons (Fsp3) is 0.944. The van der Waals surface area contributed by atoms with Crippen molar-refractivity contribution in [2.45, 2.75) is 79.3 Å². The Balaban J connectivity index is 4.46.